The largest absolute Gasteiger partial charge is 0.366 e. The van der Waals surface area contributed by atoms with Gasteiger partial charge < -0.3 is 4.74 Å². The highest BCUT2D eigenvalue weighted by molar-refractivity contribution is 6.30. The first kappa shape index (κ1) is 13.5. The average Bonchev–Trinajstić information content (AvgIpc) is 2.28. The second-order valence-corrected chi connectivity index (χ2v) is 3.82. The number of ether oxygens (including phenoxy) is 1. The van der Waals surface area contributed by atoms with Crippen LogP contribution < -0.4 is 0 Å². The lowest BCUT2D eigenvalue weighted by Gasteiger charge is -2.13. The van der Waals surface area contributed by atoms with Gasteiger partial charge in [0.25, 0.3) is 0 Å². The molecule has 0 aliphatic carbocycles. The summed E-state index contributed by atoms with van der Waals surface area (Å²) < 4.78 is 5.39. The van der Waals surface area contributed by atoms with E-state index in [1.165, 1.54) is 0 Å². The van der Waals surface area contributed by atoms with E-state index < -0.39 is 11.0 Å². The molecule has 0 spiro atoms. The van der Waals surface area contributed by atoms with Crippen LogP contribution in [0.2, 0.25) is 5.02 Å². The molecular formula is C12H12ClNO3. The van der Waals surface area contributed by atoms with E-state index in [0.29, 0.717) is 18.1 Å². The molecule has 0 amide bonds. The summed E-state index contributed by atoms with van der Waals surface area (Å²) >= 11 is 5.75. The fourth-order valence-electron chi connectivity index (χ4n) is 1.33. The molecule has 0 saturated carbocycles. The summed E-state index contributed by atoms with van der Waals surface area (Å²) in [5.41, 5.74) is 0.725. The van der Waals surface area contributed by atoms with E-state index >= 15 is 0 Å². The van der Waals surface area contributed by atoms with Crippen molar-refractivity contribution in [3.05, 3.63) is 45.0 Å². The Morgan fingerprint density at radius 1 is 1.47 bits per heavy atom. The van der Waals surface area contributed by atoms with Crippen molar-refractivity contribution < 1.29 is 9.66 Å². The van der Waals surface area contributed by atoms with Gasteiger partial charge in [-0.3, -0.25) is 10.1 Å². The molecule has 1 rings (SSSR count). The standard InChI is InChI=1S/C12H12ClNO3/c1-2-3-8-17-12(9-14(15)16)10-4-6-11(13)7-5-10/h1,4-7,12H,3,8-9H2. The van der Waals surface area contributed by atoms with E-state index in [1.54, 1.807) is 24.3 Å². The molecule has 0 heterocycles. The molecule has 0 aliphatic rings. The van der Waals surface area contributed by atoms with Crippen LogP contribution in [-0.2, 0) is 4.74 Å². The minimum absolute atomic E-state index is 0.286. The third-order valence-corrected chi connectivity index (χ3v) is 2.37. The van der Waals surface area contributed by atoms with Crippen molar-refractivity contribution in [2.24, 2.45) is 0 Å². The van der Waals surface area contributed by atoms with Gasteiger partial charge in [0.05, 0.1) is 6.61 Å². The first-order chi connectivity index (χ1) is 8.13. The molecule has 1 aromatic rings. The Balaban J connectivity index is 2.71. The number of hydrogen-bond donors (Lipinski definition) is 0. The summed E-state index contributed by atoms with van der Waals surface area (Å²) in [7, 11) is 0. The lowest BCUT2D eigenvalue weighted by atomic mass is 10.1. The van der Waals surface area contributed by atoms with Gasteiger partial charge >= 0.3 is 0 Å². The van der Waals surface area contributed by atoms with Crippen molar-refractivity contribution in [1.29, 1.82) is 0 Å². The topological polar surface area (TPSA) is 52.4 Å². The molecule has 1 unspecified atom stereocenters. The maximum Gasteiger partial charge on any atom is 0.233 e. The number of benzene rings is 1. The van der Waals surface area contributed by atoms with Gasteiger partial charge in [0, 0.05) is 16.4 Å². The molecule has 0 aromatic heterocycles. The third kappa shape index (κ3) is 4.85. The van der Waals surface area contributed by atoms with Crippen LogP contribution in [0.1, 0.15) is 18.1 Å². The van der Waals surface area contributed by atoms with Crippen molar-refractivity contribution in [3.63, 3.8) is 0 Å². The third-order valence-electron chi connectivity index (χ3n) is 2.12. The summed E-state index contributed by atoms with van der Waals surface area (Å²) in [4.78, 5) is 10.1. The van der Waals surface area contributed by atoms with Crippen LogP contribution in [-0.4, -0.2) is 18.1 Å². The zero-order valence-corrected chi connectivity index (χ0v) is 9.89. The van der Waals surface area contributed by atoms with Gasteiger partial charge in [0.1, 0.15) is 6.10 Å². The predicted octanol–water partition coefficient (Wildman–Crippen LogP) is 2.70. The number of nitrogens with zero attached hydrogens (tertiary/aromatic N) is 1. The van der Waals surface area contributed by atoms with Crippen LogP contribution in [0.4, 0.5) is 0 Å². The van der Waals surface area contributed by atoms with Crippen LogP contribution in [0.5, 0.6) is 0 Å². The Kier molecular flexibility index (Phi) is 5.47. The first-order valence-corrected chi connectivity index (χ1v) is 5.43. The van der Waals surface area contributed by atoms with Gasteiger partial charge in [-0.05, 0) is 17.7 Å². The summed E-state index contributed by atoms with van der Waals surface area (Å²) in [5.74, 6) is 2.42. The normalized spacial score (nSPS) is 11.8. The zero-order chi connectivity index (χ0) is 12.7. The number of rotatable bonds is 6. The second kappa shape index (κ2) is 6.89. The smallest absolute Gasteiger partial charge is 0.233 e. The summed E-state index contributed by atoms with van der Waals surface area (Å²) in [6, 6.07) is 6.78. The number of halogens is 1. The highest BCUT2D eigenvalue weighted by Crippen LogP contribution is 2.20. The van der Waals surface area contributed by atoms with Crippen molar-refractivity contribution >= 4 is 11.6 Å². The fourth-order valence-corrected chi connectivity index (χ4v) is 1.45. The zero-order valence-electron chi connectivity index (χ0n) is 9.14. The molecule has 0 N–H and O–H groups in total. The molecule has 0 saturated heterocycles. The maximum absolute atomic E-state index is 10.5. The quantitative estimate of drug-likeness (QED) is 0.339. The van der Waals surface area contributed by atoms with Gasteiger partial charge in [-0.1, -0.05) is 23.7 Å². The Hall–Kier alpha value is -1.57. The first-order valence-electron chi connectivity index (χ1n) is 5.06. The minimum Gasteiger partial charge on any atom is -0.366 e. The van der Waals surface area contributed by atoms with E-state index in [1.807, 2.05) is 0 Å². The van der Waals surface area contributed by atoms with E-state index in [2.05, 4.69) is 5.92 Å². The molecule has 0 radical (unpaired) electrons. The molecule has 0 bridgehead atoms. The summed E-state index contributed by atoms with van der Waals surface area (Å²) in [6.45, 7) is 0.0177. The Labute approximate surface area is 105 Å². The summed E-state index contributed by atoms with van der Waals surface area (Å²) in [6.07, 6.45) is 4.94. The number of hydrogen-bond acceptors (Lipinski definition) is 3. The van der Waals surface area contributed by atoms with Gasteiger partial charge in [0.2, 0.25) is 6.54 Å². The SMILES string of the molecule is C#CCCOC(C[N+](=O)[O-])c1ccc(Cl)cc1. The Morgan fingerprint density at radius 3 is 2.65 bits per heavy atom. The second-order valence-electron chi connectivity index (χ2n) is 3.38. The average molecular weight is 254 g/mol. The van der Waals surface area contributed by atoms with Gasteiger partial charge in [-0.15, -0.1) is 12.3 Å². The monoisotopic (exact) mass is 253 g/mol. The molecule has 90 valence electrons. The van der Waals surface area contributed by atoms with E-state index in [0.717, 1.165) is 5.56 Å². The summed E-state index contributed by atoms with van der Waals surface area (Å²) in [5, 5.41) is 11.1. The molecular weight excluding hydrogens is 242 g/mol. The highest BCUT2D eigenvalue weighted by atomic mass is 35.5. The van der Waals surface area contributed by atoms with Gasteiger partial charge in [0.15, 0.2) is 0 Å². The number of terminal acetylenes is 1. The Morgan fingerprint density at radius 2 is 2.12 bits per heavy atom. The molecule has 1 atom stereocenters. The Bertz CT molecular complexity index is 411. The molecule has 17 heavy (non-hydrogen) atoms. The van der Waals surface area contributed by atoms with Crippen LogP contribution in [0.3, 0.4) is 0 Å². The van der Waals surface area contributed by atoms with Gasteiger partial charge in [-0.25, -0.2) is 0 Å². The van der Waals surface area contributed by atoms with Crippen LogP contribution in [0, 0.1) is 22.5 Å². The van der Waals surface area contributed by atoms with E-state index in [4.69, 9.17) is 22.8 Å². The predicted molar refractivity (Wildman–Crippen MR) is 65.5 cm³/mol. The van der Waals surface area contributed by atoms with Crippen molar-refractivity contribution in [2.45, 2.75) is 12.5 Å². The molecule has 1 aromatic carbocycles. The van der Waals surface area contributed by atoms with E-state index in [9.17, 15) is 10.1 Å². The lowest BCUT2D eigenvalue weighted by Crippen LogP contribution is -2.16. The number of nitro groups is 1. The molecule has 0 aliphatic heterocycles. The van der Waals surface area contributed by atoms with Crippen LogP contribution in [0.15, 0.2) is 24.3 Å². The van der Waals surface area contributed by atoms with Crippen molar-refractivity contribution in [1.82, 2.24) is 0 Å². The lowest BCUT2D eigenvalue weighted by molar-refractivity contribution is -0.492. The van der Waals surface area contributed by atoms with Crippen LogP contribution in [0.25, 0.3) is 0 Å². The fraction of sp³-hybridized carbons (Fsp3) is 0.333. The molecule has 4 nitrogen and oxygen atoms in total. The van der Waals surface area contributed by atoms with Crippen molar-refractivity contribution in [2.75, 3.05) is 13.2 Å². The molecule has 0 fully saturated rings. The van der Waals surface area contributed by atoms with Crippen molar-refractivity contribution in [3.8, 4) is 12.3 Å². The minimum atomic E-state index is -0.587. The molecule has 5 heteroatoms. The maximum atomic E-state index is 10.5. The van der Waals surface area contributed by atoms with E-state index in [-0.39, 0.29) is 6.54 Å². The highest BCUT2D eigenvalue weighted by Gasteiger charge is 2.18. The van der Waals surface area contributed by atoms with Gasteiger partial charge in [-0.2, -0.15) is 0 Å². The van der Waals surface area contributed by atoms with Crippen LogP contribution >= 0.6 is 11.6 Å².